The number of thiophene rings is 1. The molecule has 3 nitrogen and oxygen atoms in total. The molecule has 2 rings (SSSR count). The fourth-order valence-electron chi connectivity index (χ4n) is 1.68. The van der Waals surface area contributed by atoms with Gasteiger partial charge >= 0.3 is 0 Å². The molecule has 0 spiro atoms. The molecule has 0 aliphatic rings. The number of aryl methyl sites for hydroxylation is 1. The Hall–Kier alpha value is -1.80. The molecule has 108 valence electrons. The summed E-state index contributed by atoms with van der Waals surface area (Å²) in [4.78, 5) is 12.7. The van der Waals surface area contributed by atoms with Gasteiger partial charge < -0.3 is 10.4 Å². The van der Waals surface area contributed by atoms with E-state index in [1.165, 1.54) is 11.3 Å². The van der Waals surface area contributed by atoms with Crippen molar-refractivity contribution >= 4 is 34.5 Å². The van der Waals surface area contributed by atoms with Gasteiger partial charge in [-0.25, -0.2) is 0 Å². The molecule has 0 aliphatic heterocycles. The number of anilines is 1. The molecule has 0 radical (unpaired) electrons. The van der Waals surface area contributed by atoms with E-state index < -0.39 is 0 Å². The largest absolute Gasteiger partial charge is 0.395 e. The van der Waals surface area contributed by atoms with Crippen LogP contribution in [0.5, 0.6) is 0 Å². The number of carbonyl (C=O) groups excluding carboxylic acids is 1. The van der Waals surface area contributed by atoms with E-state index in [2.05, 4.69) is 17.2 Å². The number of halogens is 1. The van der Waals surface area contributed by atoms with Gasteiger partial charge in [-0.15, -0.1) is 11.3 Å². The minimum absolute atomic E-state index is 0.0432. The van der Waals surface area contributed by atoms with Crippen molar-refractivity contribution < 1.29 is 9.90 Å². The molecule has 2 N–H and O–H groups in total. The van der Waals surface area contributed by atoms with Crippen LogP contribution >= 0.6 is 22.9 Å². The zero-order valence-electron chi connectivity index (χ0n) is 11.4. The highest BCUT2D eigenvalue weighted by molar-refractivity contribution is 7.18. The third-order valence-electron chi connectivity index (χ3n) is 2.75. The van der Waals surface area contributed by atoms with Crippen molar-refractivity contribution in [3.8, 4) is 11.8 Å². The van der Waals surface area contributed by atoms with E-state index in [1.807, 2.05) is 25.1 Å². The van der Waals surface area contributed by atoms with E-state index in [4.69, 9.17) is 16.7 Å². The Kier molecular flexibility index (Phi) is 5.40. The first-order chi connectivity index (χ1) is 10.1. The molecule has 0 atom stereocenters. The highest BCUT2D eigenvalue weighted by atomic mass is 35.5. The van der Waals surface area contributed by atoms with Gasteiger partial charge in [0.2, 0.25) is 0 Å². The van der Waals surface area contributed by atoms with Gasteiger partial charge in [0, 0.05) is 17.7 Å². The van der Waals surface area contributed by atoms with Gasteiger partial charge in [-0.3, -0.25) is 4.79 Å². The summed E-state index contributed by atoms with van der Waals surface area (Å²) in [5, 5.41) is 11.6. The Bertz CT molecular complexity index is 713. The predicted octanol–water partition coefficient (Wildman–Crippen LogP) is 3.70. The van der Waals surface area contributed by atoms with E-state index in [0.29, 0.717) is 15.6 Å². The van der Waals surface area contributed by atoms with Crippen molar-refractivity contribution in [3.63, 3.8) is 0 Å². The van der Waals surface area contributed by atoms with Gasteiger partial charge in [-0.2, -0.15) is 0 Å². The molecular weight excluding hydrogens is 306 g/mol. The topological polar surface area (TPSA) is 49.3 Å². The Morgan fingerprint density at radius 1 is 1.38 bits per heavy atom. The number of aliphatic hydroxyl groups excluding tert-OH is 1. The maximum absolute atomic E-state index is 12.1. The Labute approximate surface area is 132 Å². The molecule has 0 fully saturated rings. The van der Waals surface area contributed by atoms with E-state index in [0.717, 1.165) is 16.8 Å². The lowest BCUT2D eigenvalue weighted by Gasteiger charge is -2.07. The van der Waals surface area contributed by atoms with Crippen LogP contribution in [0.1, 0.15) is 27.2 Å². The molecule has 1 aromatic carbocycles. The lowest BCUT2D eigenvalue weighted by Crippen LogP contribution is -2.11. The van der Waals surface area contributed by atoms with Crippen LogP contribution in [0.15, 0.2) is 30.3 Å². The minimum atomic E-state index is -0.185. The lowest BCUT2D eigenvalue weighted by molar-refractivity contribution is 0.103. The van der Waals surface area contributed by atoms with Crippen LogP contribution in [0.3, 0.4) is 0 Å². The smallest absolute Gasteiger partial charge is 0.265 e. The summed E-state index contributed by atoms with van der Waals surface area (Å²) in [5.74, 6) is 5.62. The molecule has 0 saturated heterocycles. The molecule has 1 aromatic heterocycles. The highest BCUT2D eigenvalue weighted by Gasteiger charge is 2.10. The van der Waals surface area contributed by atoms with Crippen LogP contribution in [0.2, 0.25) is 4.34 Å². The van der Waals surface area contributed by atoms with Crippen molar-refractivity contribution in [3.05, 3.63) is 50.7 Å². The monoisotopic (exact) mass is 319 g/mol. The predicted molar refractivity (Wildman–Crippen MR) is 87.0 cm³/mol. The summed E-state index contributed by atoms with van der Waals surface area (Å²) in [6.45, 7) is 1.96. The lowest BCUT2D eigenvalue weighted by atomic mass is 10.1. The average molecular weight is 320 g/mol. The summed E-state index contributed by atoms with van der Waals surface area (Å²) >= 11 is 7.07. The van der Waals surface area contributed by atoms with E-state index in [9.17, 15) is 4.79 Å². The highest BCUT2D eigenvalue weighted by Crippen LogP contribution is 2.23. The number of nitrogens with one attached hydrogen (secondary N) is 1. The second kappa shape index (κ2) is 7.28. The number of hydrogen-bond acceptors (Lipinski definition) is 3. The van der Waals surface area contributed by atoms with E-state index in [1.54, 1.807) is 12.1 Å². The second-order valence-corrected chi connectivity index (χ2v) is 6.08. The summed E-state index contributed by atoms with van der Waals surface area (Å²) in [6.07, 6.45) is 0.434. The maximum atomic E-state index is 12.1. The van der Waals surface area contributed by atoms with Gasteiger partial charge in [0.05, 0.1) is 15.8 Å². The van der Waals surface area contributed by atoms with E-state index >= 15 is 0 Å². The van der Waals surface area contributed by atoms with Crippen molar-refractivity contribution in [2.45, 2.75) is 13.3 Å². The first-order valence-corrected chi connectivity index (χ1v) is 7.56. The van der Waals surface area contributed by atoms with Crippen molar-refractivity contribution in [1.82, 2.24) is 0 Å². The zero-order valence-corrected chi connectivity index (χ0v) is 13.0. The first-order valence-electron chi connectivity index (χ1n) is 6.37. The third-order valence-corrected chi connectivity index (χ3v) is 3.98. The summed E-state index contributed by atoms with van der Waals surface area (Å²) in [5.41, 5.74) is 2.48. The van der Waals surface area contributed by atoms with Gasteiger partial charge in [0.15, 0.2) is 0 Å². The molecular formula is C16H14ClNO2S. The van der Waals surface area contributed by atoms with Gasteiger partial charge in [-0.1, -0.05) is 29.5 Å². The Balaban J connectivity index is 2.17. The van der Waals surface area contributed by atoms with Gasteiger partial charge in [0.25, 0.3) is 5.91 Å². The first kappa shape index (κ1) is 15.6. The SMILES string of the molecule is Cc1ccc(C#CCCO)cc1NC(=O)c1ccc(Cl)s1. The molecule has 5 heteroatoms. The molecule has 21 heavy (non-hydrogen) atoms. The summed E-state index contributed by atoms with van der Waals surface area (Å²) in [7, 11) is 0. The number of carbonyl (C=O) groups is 1. The van der Waals surface area contributed by atoms with Gasteiger partial charge in [0.1, 0.15) is 0 Å². The maximum Gasteiger partial charge on any atom is 0.265 e. The molecule has 0 unspecified atom stereocenters. The van der Waals surface area contributed by atoms with Crippen LogP contribution in [0, 0.1) is 18.8 Å². The molecule has 0 bridgehead atoms. The standard InChI is InChI=1S/C16H14ClNO2S/c1-11-5-6-12(4-2-3-9-19)10-13(11)18-16(20)14-7-8-15(17)21-14/h5-8,10,19H,3,9H2,1H3,(H,18,20). The zero-order chi connectivity index (χ0) is 15.2. The number of hydrogen-bond donors (Lipinski definition) is 2. The number of aliphatic hydroxyl groups is 1. The minimum Gasteiger partial charge on any atom is -0.395 e. The van der Waals surface area contributed by atoms with Crippen LogP contribution in [-0.2, 0) is 0 Å². The van der Waals surface area contributed by atoms with Crippen molar-refractivity contribution in [1.29, 1.82) is 0 Å². The quantitative estimate of drug-likeness (QED) is 0.848. The molecule has 0 aliphatic carbocycles. The van der Waals surface area contributed by atoms with Crippen LogP contribution < -0.4 is 5.32 Å². The fraction of sp³-hybridized carbons (Fsp3) is 0.188. The van der Waals surface area contributed by atoms with Crippen LogP contribution in [0.25, 0.3) is 0 Å². The van der Waals surface area contributed by atoms with Gasteiger partial charge in [-0.05, 0) is 36.8 Å². The van der Waals surface area contributed by atoms with Crippen LogP contribution in [-0.4, -0.2) is 17.6 Å². The summed E-state index contributed by atoms with van der Waals surface area (Å²) < 4.78 is 0.584. The summed E-state index contributed by atoms with van der Waals surface area (Å²) in [6, 6.07) is 9.01. The second-order valence-electron chi connectivity index (χ2n) is 4.36. The molecule has 0 saturated carbocycles. The van der Waals surface area contributed by atoms with E-state index in [-0.39, 0.29) is 12.5 Å². The molecule has 1 heterocycles. The molecule has 2 aromatic rings. The van der Waals surface area contributed by atoms with Crippen LogP contribution in [0.4, 0.5) is 5.69 Å². The average Bonchev–Trinajstić information content (AvgIpc) is 2.89. The van der Waals surface area contributed by atoms with Crippen molar-refractivity contribution in [2.24, 2.45) is 0 Å². The number of benzene rings is 1. The Morgan fingerprint density at radius 3 is 2.86 bits per heavy atom. The number of amides is 1. The normalized spacial score (nSPS) is 9.86. The number of rotatable bonds is 3. The fourth-order valence-corrected chi connectivity index (χ4v) is 2.61. The third kappa shape index (κ3) is 4.33. The molecule has 1 amide bonds. The van der Waals surface area contributed by atoms with Crippen molar-refractivity contribution in [2.75, 3.05) is 11.9 Å². The Morgan fingerprint density at radius 2 is 2.19 bits per heavy atom.